The van der Waals surface area contributed by atoms with Crippen LogP contribution in [0, 0.1) is 11.6 Å². The molecule has 1 aliphatic heterocycles. The van der Waals surface area contributed by atoms with Crippen molar-refractivity contribution in [1.82, 2.24) is 9.97 Å². The summed E-state index contributed by atoms with van der Waals surface area (Å²) in [7, 11) is 2.96. The number of hydrogen-bond donors (Lipinski definition) is 0. The fourth-order valence-corrected chi connectivity index (χ4v) is 4.94. The number of methoxy groups -OCH3 is 2. The highest BCUT2D eigenvalue weighted by atomic mass is 19.1. The van der Waals surface area contributed by atoms with E-state index >= 15 is 4.39 Å². The number of rotatable bonds is 10. The summed E-state index contributed by atoms with van der Waals surface area (Å²) < 4.78 is 51.3. The Balaban J connectivity index is 1.37. The van der Waals surface area contributed by atoms with Crippen LogP contribution in [-0.2, 0) is 16.0 Å². The monoisotopic (exact) mass is 573 g/mol. The van der Waals surface area contributed by atoms with E-state index in [1.807, 2.05) is 13.8 Å². The zero-order valence-corrected chi connectivity index (χ0v) is 23.6. The number of carbonyl (C=O) groups excluding carboxylic acids is 1. The maximum Gasteiger partial charge on any atom is 0.257 e. The van der Waals surface area contributed by atoms with Crippen LogP contribution in [0.4, 0.5) is 8.78 Å². The van der Waals surface area contributed by atoms with E-state index in [4.69, 9.17) is 18.9 Å². The van der Waals surface area contributed by atoms with Gasteiger partial charge in [-0.05, 0) is 49.2 Å². The van der Waals surface area contributed by atoms with Crippen LogP contribution >= 0.6 is 0 Å². The van der Waals surface area contributed by atoms with Crippen molar-refractivity contribution >= 4 is 22.5 Å². The summed E-state index contributed by atoms with van der Waals surface area (Å²) in [4.78, 5) is 26.6. The van der Waals surface area contributed by atoms with Crippen molar-refractivity contribution in [2.24, 2.45) is 4.99 Å². The number of nitrogens with zero attached hydrogens (tertiary/aromatic N) is 3. The second kappa shape index (κ2) is 12.4. The van der Waals surface area contributed by atoms with Gasteiger partial charge in [0, 0.05) is 48.8 Å². The van der Waals surface area contributed by atoms with Gasteiger partial charge in [0.2, 0.25) is 0 Å². The lowest BCUT2D eigenvalue weighted by molar-refractivity contribution is -0.116. The molecule has 0 bridgehead atoms. The lowest BCUT2D eigenvalue weighted by Crippen LogP contribution is -2.35. The molecular formula is C32H29F2N3O5. The predicted octanol–water partition coefficient (Wildman–Crippen LogP) is 6.38. The Bertz CT molecular complexity index is 1690. The molecule has 216 valence electrons. The van der Waals surface area contributed by atoms with E-state index in [-0.39, 0.29) is 41.3 Å². The first-order valence-corrected chi connectivity index (χ1v) is 13.3. The van der Waals surface area contributed by atoms with Crippen molar-refractivity contribution in [2.75, 3.05) is 20.8 Å². The highest BCUT2D eigenvalue weighted by molar-refractivity contribution is 6.02. The van der Waals surface area contributed by atoms with E-state index in [0.29, 0.717) is 34.5 Å². The van der Waals surface area contributed by atoms with Crippen molar-refractivity contribution in [3.05, 3.63) is 95.3 Å². The lowest BCUT2D eigenvalue weighted by Gasteiger charge is -2.31. The first-order valence-electron chi connectivity index (χ1n) is 13.3. The van der Waals surface area contributed by atoms with Gasteiger partial charge in [0.1, 0.15) is 11.3 Å². The van der Waals surface area contributed by atoms with Gasteiger partial charge < -0.3 is 18.9 Å². The van der Waals surface area contributed by atoms with Gasteiger partial charge in [-0.25, -0.2) is 13.8 Å². The number of hydrogen-bond acceptors (Lipinski definition) is 8. The molecular weight excluding hydrogens is 544 g/mol. The van der Waals surface area contributed by atoms with Crippen LogP contribution in [-0.4, -0.2) is 48.4 Å². The molecule has 0 saturated carbocycles. The largest absolute Gasteiger partial charge is 0.491 e. The minimum absolute atomic E-state index is 0.0454. The average Bonchev–Trinajstić information content (AvgIpc) is 2.99. The predicted molar refractivity (Wildman–Crippen MR) is 154 cm³/mol. The third-order valence-corrected chi connectivity index (χ3v) is 6.97. The van der Waals surface area contributed by atoms with E-state index < -0.39 is 11.9 Å². The smallest absolute Gasteiger partial charge is 0.257 e. The van der Waals surface area contributed by atoms with Crippen LogP contribution in [0.15, 0.2) is 77.6 Å². The molecule has 4 aromatic rings. The Kier molecular flexibility index (Phi) is 8.53. The van der Waals surface area contributed by atoms with Crippen molar-refractivity contribution in [2.45, 2.75) is 32.3 Å². The molecule has 2 atom stereocenters. The quantitative estimate of drug-likeness (QED) is 0.218. The lowest BCUT2D eigenvalue weighted by atomic mass is 9.82. The van der Waals surface area contributed by atoms with Gasteiger partial charge >= 0.3 is 0 Å². The van der Waals surface area contributed by atoms with Gasteiger partial charge in [-0.1, -0.05) is 18.2 Å². The summed E-state index contributed by atoms with van der Waals surface area (Å²) in [6.07, 6.45) is 2.35. The SMILES string of the molecule is CCOC1C(C(=O)Cc2ccc(Oc3ccnc4cc(OC)c(OC)nc34)c(F)c2)=CN=C(C)C1c1ccc(F)cc1. The van der Waals surface area contributed by atoms with Crippen LogP contribution < -0.4 is 14.2 Å². The summed E-state index contributed by atoms with van der Waals surface area (Å²) in [5.74, 6) is -0.749. The molecule has 1 aliphatic rings. The number of aliphatic imine (C=N–C) groups is 1. The maximum atomic E-state index is 15.2. The number of carbonyl (C=O) groups is 1. The number of aromatic nitrogens is 2. The molecule has 42 heavy (non-hydrogen) atoms. The zero-order valence-electron chi connectivity index (χ0n) is 23.6. The van der Waals surface area contributed by atoms with E-state index in [1.165, 1.54) is 50.9 Å². The minimum Gasteiger partial charge on any atom is -0.491 e. The molecule has 0 fully saturated rings. The van der Waals surface area contributed by atoms with E-state index in [2.05, 4.69) is 15.0 Å². The topological polar surface area (TPSA) is 92.1 Å². The third kappa shape index (κ3) is 5.84. The number of halogens is 2. The maximum absolute atomic E-state index is 15.2. The molecule has 2 unspecified atom stereocenters. The van der Waals surface area contributed by atoms with E-state index in [1.54, 1.807) is 30.3 Å². The zero-order chi connectivity index (χ0) is 29.8. The number of ether oxygens (including phenoxy) is 4. The Morgan fingerprint density at radius 3 is 2.43 bits per heavy atom. The summed E-state index contributed by atoms with van der Waals surface area (Å²) in [6.45, 7) is 4.05. The molecule has 0 radical (unpaired) electrons. The molecule has 10 heteroatoms. The Labute approximate surface area is 241 Å². The molecule has 0 N–H and O–H groups in total. The van der Waals surface area contributed by atoms with Crippen LogP contribution in [0.1, 0.15) is 30.9 Å². The summed E-state index contributed by atoms with van der Waals surface area (Å²) in [5.41, 5.74) is 3.21. The molecule has 0 saturated heterocycles. The summed E-state index contributed by atoms with van der Waals surface area (Å²) in [6, 6.07) is 13.7. The van der Waals surface area contributed by atoms with Crippen molar-refractivity contribution in [3.63, 3.8) is 0 Å². The fourth-order valence-electron chi connectivity index (χ4n) is 4.94. The first kappa shape index (κ1) is 28.8. The molecule has 5 rings (SSSR count). The average molecular weight is 574 g/mol. The first-order chi connectivity index (χ1) is 20.3. The van der Waals surface area contributed by atoms with Crippen LogP contribution in [0.25, 0.3) is 11.0 Å². The number of pyridine rings is 2. The summed E-state index contributed by atoms with van der Waals surface area (Å²) in [5, 5.41) is 0. The Morgan fingerprint density at radius 1 is 0.952 bits per heavy atom. The Morgan fingerprint density at radius 2 is 1.74 bits per heavy atom. The molecule has 2 aromatic carbocycles. The second-order valence-electron chi connectivity index (χ2n) is 9.60. The molecule has 2 aromatic heterocycles. The van der Waals surface area contributed by atoms with Gasteiger partial charge in [0.25, 0.3) is 5.88 Å². The van der Waals surface area contributed by atoms with Gasteiger partial charge in [0.05, 0.1) is 31.8 Å². The highest BCUT2D eigenvalue weighted by Gasteiger charge is 2.35. The number of benzene rings is 2. The molecule has 0 spiro atoms. The fraction of sp³-hybridized carbons (Fsp3) is 0.250. The van der Waals surface area contributed by atoms with Crippen LogP contribution in [0.2, 0.25) is 0 Å². The van der Waals surface area contributed by atoms with E-state index in [9.17, 15) is 9.18 Å². The normalized spacial score (nSPS) is 16.5. The van der Waals surface area contributed by atoms with Crippen LogP contribution in [0.3, 0.4) is 0 Å². The standard InChI is InChI=1S/C32H29F2N3O5/c1-5-41-31-22(17-36-18(2)29(31)20-7-9-21(33)10-8-20)25(38)15-19-6-11-26(23(34)14-19)42-27-12-13-35-24-16-28(39-3)32(40-4)37-30(24)27/h6-14,16-17,29,31H,5,15H2,1-4H3. The Hall–Kier alpha value is -4.70. The molecule has 0 amide bonds. The van der Waals surface area contributed by atoms with Crippen molar-refractivity contribution in [1.29, 1.82) is 0 Å². The number of ketones is 1. The second-order valence-corrected chi connectivity index (χ2v) is 9.60. The molecule has 0 aliphatic carbocycles. The summed E-state index contributed by atoms with van der Waals surface area (Å²) >= 11 is 0. The molecule has 3 heterocycles. The minimum atomic E-state index is -0.650. The van der Waals surface area contributed by atoms with Gasteiger partial charge in [-0.2, -0.15) is 0 Å². The number of fused-ring (bicyclic) bond motifs is 1. The van der Waals surface area contributed by atoms with Gasteiger partial charge in [0.15, 0.2) is 28.8 Å². The van der Waals surface area contributed by atoms with Crippen LogP contribution in [0.5, 0.6) is 23.1 Å². The van der Waals surface area contributed by atoms with Crippen molar-refractivity contribution < 1.29 is 32.5 Å². The third-order valence-electron chi connectivity index (χ3n) is 6.97. The van der Waals surface area contributed by atoms with Gasteiger partial charge in [-0.15, -0.1) is 0 Å². The van der Waals surface area contributed by atoms with Crippen molar-refractivity contribution in [3.8, 4) is 23.1 Å². The van der Waals surface area contributed by atoms with E-state index in [0.717, 1.165) is 11.3 Å². The van der Waals surface area contributed by atoms with Gasteiger partial charge in [-0.3, -0.25) is 14.8 Å². The molecule has 8 nitrogen and oxygen atoms in total. The number of Topliss-reactive ketones (excluding diaryl/α,β-unsaturated/α-hetero) is 1. The highest BCUT2D eigenvalue weighted by Crippen LogP contribution is 2.36.